The molecule has 17 heavy (non-hydrogen) atoms. The van der Waals surface area contributed by atoms with Crippen molar-refractivity contribution in [3.8, 4) is 5.75 Å². The largest absolute Gasteiger partial charge is 0.465 e. The van der Waals surface area contributed by atoms with E-state index in [9.17, 15) is 5.11 Å². The predicted molar refractivity (Wildman–Crippen MR) is 70.8 cm³/mol. The number of ether oxygens (including phenoxy) is 2. The van der Waals surface area contributed by atoms with Crippen molar-refractivity contribution < 1.29 is 19.7 Å². The average Bonchev–Trinajstić information content (AvgIpc) is 2.34. The molecule has 1 fully saturated rings. The van der Waals surface area contributed by atoms with Gasteiger partial charge in [-0.15, -0.1) is 0 Å². The van der Waals surface area contributed by atoms with Crippen molar-refractivity contribution in [1.82, 2.24) is 0 Å². The van der Waals surface area contributed by atoms with Crippen LogP contribution in [0.1, 0.15) is 12.8 Å². The normalized spacial score (nSPS) is 29.0. The van der Waals surface area contributed by atoms with Gasteiger partial charge < -0.3 is 19.7 Å². The predicted octanol–water partition coefficient (Wildman–Crippen LogP) is 1.53. The van der Waals surface area contributed by atoms with E-state index in [1.54, 1.807) is 0 Å². The van der Waals surface area contributed by atoms with Gasteiger partial charge >= 0.3 is 0 Å². The third-order valence-corrected chi connectivity index (χ3v) is 3.43. The Morgan fingerprint density at radius 2 is 2.00 bits per heavy atom. The van der Waals surface area contributed by atoms with E-state index >= 15 is 0 Å². The highest BCUT2D eigenvalue weighted by Gasteiger charge is 2.30. The minimum Gasteiger partial charge on any atom is -0.465 e. The van der Waals surface area contributed by atoms with E-state index in [1.165, 1.54) is 0 Å². The third kappa shape index (κ3) is 3.54. The van der Waals surface area contributed by atoms with E-state index in [1.807, 2.05) is 24.3 Å². The second kappa shape index (κ2) is 5.99. The summed E-state index contributed by atoms with van der Waals surface area (Å²) in [7, 11) is 0. The number of halogens is 1. The zero-order valence-electron chi connectivity index (χ0n) is 9.25. The first kappa shape index (κ1) is 13.1. The number of hydrogen-bond donors (Lipinski definition) is 2. The van der Waals surface area contributed by atoms with Gasteiger partial charge in [-0.2, -0.15) is 0 Å². The molecule has 3 atom stereocenters. The van der Waals surface area contributed by atoms with Crippen molar-refractivity contribution in [1.29, 1.82) is 0 Å². The topological polar surface area (TPSA) is 58.9 Å². The molecule has 0 spiro atoms. The fourth-order valence-electron chi connectivity index (χ4n) is 1.76. The lowest BCUT2D eigenvalue weighted by Crippen LogP contribution is -2.43. The van der Waals surface area contributed by atoms with Crippen LogP contribution in [-0.2, 0) is 4.74 Å². The van der Waals surface area contributed by atoms with Crippen molar-refractivity contribution in [2.75, 3.05) is 6.61 Å². The fourth-order valence-corrected chi connectivity index (χ4v) is 2.12. The maximum absolute atomic E-state index is 9.55. The highest BCUT2D eigenvalue weighted by Crippen LogP contribution is 2.23. The van der Waals surface area contributed by atoms with E-state index in [2.05, 4.69) is 22.6 Å². The maximum atomic E-state index is 9.55. The lowest BCUT2D eigenvalue weighted by molar-refractivity contribution is -0.196. The third-order valence-electron chi connectivity index (χ3n) is 2.71. The van der Waals surface area contributed by atoms with Crippen LogP contribution < -0.4 is 4.74 Å². The number of rotatable bonds is 3. The smallest absolute Gasteiger partial charge is 0.200 e. The van der Waals surface area contributed by atoms with E-state index in [0.29, 0.717) is 12.8 Å². The first-order chi connectivity index (χ1) is 8.19. The van der Waals surface area contributed by atoms with Crippen molar-refractivity contribution in [2.24, 2.45) is 0 Å². The molecule has 94 valence electrons. The minimum atomic E-state index is -0.600. The summed E-state index contributed by atoms with van der Waals surface area (Å²) in [4.78, 5) is 0. The van der Waals surface area contributed by atoms with Crippen molar-refractivity contribution in [3.63, 3.8) is 0 Å². The summed E-state index contributed by atoms with van der Waals surface area (Å²) in [6.07, 6.45) is -0.325. The second-order valence-electron chi connectivity index (χ2n) is 4.00. The van der Waals surface area contributed by atoms with Crippen LogP contribution in [0.2, 0.25) is 0 Å². The molecule has 5 heteroatoms. The summed E-state index contributed by atoms with van der Waals surface area (Å²) in [5.74, 6) is 0.739. The Balaban J connectivity index is 1.93. The van der Waals surface area contributed by atoms with Gasteiger partial charge in [0.05, 0.1) is 12.7 Å². The van der Waals surface area contributed by atoms with Gasteiger partial charge in [-0.25, -0.2) is 0 Å². The Kier molecular flexibility index (Phi) is 4.61. The van der Waals surface area contributed by atoms with Crippen LogP contribution in [0, 0.1) is 3.57 Å². The van der Waals surface area contributed by atoms with Crippen molar-refractivity contribution >= 4 is 22.6 Å². The molecule has 1 aliphatic heterocycles. The summed E-state index contributed by atoms with van der Waals surface area (Å²) >= 11 is 2.23. The van der Waals surface area contributed by atoms with E-state index in [-0.39, 0.29) is 6.61 Å². The van der Waals surface area contributed by atoms with Gasteiger partial charge in [0.25, 0.3) is 0 Å². The SMILES string of the molecule is OCC1O[C@H](Oc2ccc(I)cc2)CC[C@@H]1O. The fraction of sp³-hybridized carbons (Fsp3) is 0.500. The van der Waals surface area contributed by atoms with Gasteiger partial charge in [0.1, 0.15) is 11.9 Å². The standard InChI is InChI=1S/C12H15IO4/c13-8-1-3-9(4-2-8)16-12-6-5-10(15)11(7-14)17-12/h1-4,10-12,14-15H,5-7H2/t10-,11?,12-/m0/s1. The molecule has 1 aromatic carbocycles. The van der Waals surface area contributed by atoms with Gasteiger partial charge in [-0.3, -0.25) is 0 Å². The van der Waals surface area contributed by atoms with Crippen LogP contribution in [0.3, 0.4) is 0 Å². The molecule has 0 amide bonds. The Labute approximate surface area is 114 Å². The summed E-state index contributed by atoms with van der Waals surface area (Å²) in [5, 5.41) is 18.6. The van der Waals surface area contributed by atoms with Gasteiger partial charge in [0.2, 0.25) is 0 Å². The van der Waals surface area contributed by atoms with E-state index in [0.717, 1.165) is 9.32 Å². The second-order valence-corrected chi connectivity index (χ2v) is 5.25. The molecule has 1 aromatic rings. The van der Waals surface area contributed by atoms with Gasteiger partial charge in [-0.05, 0) is 53.3 Å². The van der Waals surface area contributed by atoms with Gasteiger partial charge in [0.15, 0.2) is 6.29 Å². The monoisotopic (exact) mass is 350 g/mol. The Hall–Kier alpha value is -0.370. The Morgan fingerprint density at radius 3 is 2.65 bits per heavy atom. The molecule has 4 nitrogen and oxygen atoms in total. The zero-order chi connectivity index (χ0) is 12.3. The van der Waals surface area contributed by atoms with Gasteiger partial charge in [-0.1, -0.05) is 0 Å². The summed E-state index contributed by atoms with van der Waals surface area (Å²) < 4.78 is 12.2. The highest BCUT2D eigenvalue weighted by molar-refractivity contribution is 14.1. The molecule has 1 saturated heterocycles. The van der Waals surface area contributed by atoms with Crippen molar-refractivity contribution in [2.45, 2.75) is 31.3 Å². The number of aliphatic hydroxyl groups excluding tert-OH is 2. The molecule has 1 aliphatic rings. The van der Waals surface area contributed by atoms with Crippen LogP contribution in [0.25, 0.3) is 0 Å². The molecule has 0 aliphatic carbocycles. The zero-order valence-corrected chi connectivity index (χ0v) is 11.4. The Morgan fingerprint density at radius 1 is 1.29 bits per heavy atom. The molecule has 2 rings (SSSR count). The summed E-state index contributed by atoms with van der Waals surface area (Å²) in [6.45, 7) is -0.187. The van der Waals surface area contributed by atoms with Crippen LogP contribution in [0.15, 0.2) is 24.3 Å². The molecule has 1 unspecified atom stereocenters. The average molecular weight is 350 g/mol. The van der Waals surface area contributed by atoms with Crippen LogP contribution >= 0.6 is 22.6 Å². The van der Waals surface area contributed by atoms with Crippen LogP contribution in [0.5, 0.6) is 5.75 Å². The number of aliphatic hydroxyl groups is 2. The van der Waals surface area contributed by atoms with Crippen LogP contribution in [0.4, 0.5) is 0 Å². The molecule has 0 aromatic heterocycles. The quantitative estimate of drug-likeness (QED) is 0.812. The first-order valence-electron chi connectivity index (χ1n) is 5.55. The van der Waals surface area contributed by atoms with Crippen molar-refractivity contribution in [3.05, 3.63) is 27.8 Å². The lowest BCUT2D eigenvalue weighted by Gasteiger charge is -2.32. The van der Waals surface area contributed by atoms with E-state index < -0.39 is 18.5 Å². The lowest BCUT2D eigenvalue weighted by atomic mass is 10.1. The van der Waals surface area contributed by atoms with Crippen LogP contribution in [-0.4, -0.2) is 35.3 Å². The molecule has 1 heterocycles. The molecule has 0 radical (unpaired) electrons. The molecule has 0 saturated carbocycles. The van der Waals surface area contributed by atoms with E-state index in [4.69, 9.17) is 14.6 Å². The summed E-state index contributed by atoms with van der Waals surface area (Å²) in [5.41, 5.74) is 0. The minimum absolute atomic E-state index is 0.187. The molecular weight excluding hydrogens is 335 g/mol. The van der Waals surface area contributed by atoms with Gasteiger partial charge in [0, 0.05) is 9.99 Å². The highest BCUT2D eigenvalue weighted by atomic mass is 127. The molecular formula is C12H15IO4. The number of benzene rings is 1. The maximum Gasteiger partial charge on any atom is 0.200 e. The summed E-state index contributed by atoms with van der Waals surface area (Å²) in [6, 6.07) is 7.67. The number of hydrogen-bond acceptors (Lipinski definition) is 4. The first-order valence-corrected chi connectivity index (χ1v) is 6.63. The Bertz CT molecular complexity index is 354. The molecule has 2 N–H and O–H groups in total. The molecule has 0 bridgehead atoms.